The van der Waals surface area contributed by atoms with Gasteiger partial charge in [0.25, 0.3) is 0 Å². The number of aryl methyl sites for hydroxylation is 1. The summed E-state index contributed by atoms with van der Waals surface area (Å²) in [7, 11) is 0. The smallest absolute Gasteiger partial charge is 0.240 e. The fraction of sp³-hybridized carbons (Fsp3) is 0.375. The Kier molecular flexibility index (Phi) is 4.75. The van der Waals surface area contributed by atoms with Crippen LogP contribution < -0.4 is 5.32 Å². The Morgan fingerprint density at radius 3 is 2.96 bits per heavy atom. The zero-order chi connectivity index (χ0) is 17.1. The summed E-state index contributed by atoms with van der Waals surface area (Å²) >= 11 is 5.20. The molecule has 0 aliphatic carbocycles. The molecule has 0 saturated carbocycles. The summed E-state index contributed by atoms with van der Waals surface area (Å²) in [5, 5.41) is 9.87. The Bertz CT molecular complexity index is 876. The SMILES string of the molecule is CCCc1n[nH]c(=S)n1CC(=O)N[C@H](C)c1nc2ccccc2[nH]1. The quantitative estimate of drug-likeness (QED) is 0.600. The number of benzene rings is 1. The molecular weight excluding hydrogens is 324 g/mol. The van der Waals surface area contributed by atoms with Crippen molar-refractivity contribution in [1.82, 2.24) is 30.0 Å². The molecule has 3 N–H and O–H groups in total. The second-order valence-corrected chi connectivity index (χ2v) is 6.10. The largest absolute Gasteiger partial charge is 0.345 e. The van der Waals surface area contributed by atoms with E-state index < -0.39 is 0 Å². The predicted octanol–water partition coefficient (Wildman–Crippen LogP) is 2.65. The monoisotopic (exact) mass is 344 g/mol. The van der Waals surface area contributed by atoms with Gasteiger partial charge in [0.05, 0.1) is 17.1 Å². The molecule has 0 spiro atoms. The second kappa shape index (κ2) is 6.96. The number of amides is 1. The molecule has 0 unspecified atom stereocenters. The molecule has 2 aromatic heterocycles. The van der Waals surface area contributed by atoms with Crippen LogP contribution in [-0.4, -0.2) is 30.6 Å². The molecule has 0 aliphatic rings. The molecule has 8 heteroatoms. The van der Waals surface area contributed by atoms with Crippen molar-refractivity contribution in [3.8, 4) is 0 Å². The first kappa shape index (κ1) is 16.4. The number of rotatable bonds is 6. The fourth-order valence-electron chi connectivity index (χ4n) is 2.60. The molecular formula is C16H20N6OS. The normalized spacial score (nSPS) is 12.4. The minimum Gasteiger partial charge on any atom is -0.345 e. The zero-order valence-electron chi connectivity index (χ0n) is 13.7. The van der Waals surface area contributed by atoms with Gasteiger partial charge < -0.3 is 10.3 Å². The molecule has 3 rings (SSSR count). The minimum atomic E-state index is -0.222. The number of fused-ring (bicyclic) bond motifs is 1. The lowest BCUT2D eigenvalue weighted by Gasteiger charge is -2.12. The van der Waals surface area contributed by atoms with Gasteiger partial charge in [-0.25, -0.2) is 4.98 Å². The Morgan fingerprint density at radius 2 is 2.21 bits per heavy atom. The van der Waals surface area contributed by atoms with Crippen molar-refractivity contribution in [3.63, 3.8) is 0 Å². The van der Waals surface area contributed by atoms with Crippen molar-refractivity contribution in [2.75, 3.05) is 0 Å². The third-order valence-electron chi connectivity index (χ3n) is 3.81. The van der Waals surface area contributed by atoms with Gasteiger partial charge in [0, 0.05) is 6.42 Å². The van der Waals surface area contributed by atoms with Crippen molar-refractivity contribution in [2.24, 2.45) is 0 Å². The Labute approximate surface area is 144 Å². The molecule has 0 radical (unpaired) electrons. The van der Waals surface area contributed by atoms with Gasteiger partial charge in [-0.3, -0.25) is 14.5 Å². The number of H-pyrrole nitrogens is 2. The van der Waals surface area contributed by atoms with E-state index in [1.54, 1.807) is 4.57 Å². The van der Waals surface area contributed by atoms with Crippen LogP contribution in [0.3, 0.4) is 0 Å². The average molecular weight is 344 g/mol. The van der Waals surface area contributed by atoms with Crippen LogP contribution in [0.1, 0.15) is 38.0 Å². The topological polar surface area (TPSA) is 91.4 Å². The van der Waals surface area contributed by atoms with Crippen LogP contribution in [0.2, 0.25) is 0 Å². The summed E-state index contributed by atoms with van der Waals surface area (Å²) in [6, 6.07) is 7.56. The van der Waals surface area contributed by atoms with E-state index in [2.05, 4.69) is 32.4 Å². The molecule has 24 heavy (non-hydrogen) atoms. The van der Waals surface area contributed by atoms with Crippen molar-refractivity contribution >= 4 is 29.2 Å². The highest BCUT2D eigenvalue weighted by atomic mass is 32.1. The summed E-state index contributed by atoms with van der Waals surface area (Å²) in [4.78, 5) is 20.1. The van der Waals surface area contributed by atoms with E-state index in [1.165, 1.54) is 0 Å². The summed E-state index contributed by atoms with van der Waals surface area (Å²) in [6.07, 6.45) is 1.72. The lowest BCUT2D eigenvalue weighted by molar-refractivity contribution is -0.122. The number of carbonyl (C=O) groups is 1. The molecule has 1 atom stereocenters. The summed E-state index contributed by atoms with van der Waals surface area (Å²) in [5.74, 6) is 1.40. The number of nitrogens with one attached hydrogen (secondary N) is 3. The molecule has 0 aliphatic heterocycles. The van der Waals surface area contributed by atoms with Gasteiger partial charge in [-0.15, -0.1) is 0 Å². The molecule has 0 saturated heterocycles. The van der Waals surface area contributed by atoms with Crippen molar-refractivity contribution in [1.29, 1.82) is 0 Å². The van der Waals surface area contributed by atoms with E-state index in [-0.39, 0.29) is 18.5 Å². The van der Waals surface area contributed by atoms with Crippen LogP contribution in [0.25, 0.3) is 11.0 Å². The molecule has 1 aromatic carbocycles. The van der Waals surface area contributed by atoms with Gasteiger partial charge in [-0.1, -0.05) is 19.1 Å². The highest BCUT2D eigenvalue weighted by Crippen LogP contribution is 2.15. The highest BCUT2D eigenvalue weighted by Gasteiger charge is 2.15. The molecule has 0 fully saturated rings. The van der Waals surface area contributed by atoms with E-state index in [9.17, 15) is 4.79 Å². The van der Waals surface area contributed by atoms with Gasteiger partial charge in [-0.2, -0.15) is 5.10 Å². The standard InChI is InChI=1S/C16H20N6OS/c1-3-6-13-20-21-16(24)22(13)9-14(23)17-10(2)15-18-11-7-4-5-8-12(11)19-15/h4-5,7-8,10H,3,6,9H2,1-2H3,(H,17,23)(H,18,19)(H,21,24)/t10-/m1/s1. The summed E-state index contributed by atoms with van der Waals surface area (Å²) in [6.45, 7) is 4.11. The average Bonchev–Trinajstić information content (AvgIpc) is 3.13. The minimum absolute atomic E-state index is 0.127. The van der Waals surface area contributed by atoms with Crippen molar-refractivity contribution < 1.29 is 4.79 Å². The number of hydrogen-bond acceptors (Lipinski definition) is 4. The summed E-state index contributed by atoms with van der Waals surface area (Å²) in [5.41, 5.74) is 1.84. The Hall–Kier alpha value is -2.48. The van der Waals surface area contributed by atoms with Gasteiger partial charge in [0.1, 0.15) is 18.2 Å². The maximum absolute atomic E-state index is 12.4. The van der Waals surface area contributed by atoms with Gasteiger partial charge >= 0.3 is 0 Å². The molecule has 7 nitrogen and oxygen atoms in total. The highest BCUT2D eigenvalue weighted by molar-refractivity contribution is 7.71. The van der Waals surface area contributed by atoms with E-state index in [0.29, 0.717) is 4.77 Å². The maximum atomic E-state index is 12.4. The number of aromatic nitrogens is 5. The number of carbonyl (C=O) groups excluding carboxylic acids is 1. The lowest BCUT2D eigenvalue weighted by Crippen LogP contribution is -2.31. The van der Waals surface area contributed by atoms with Crippen LogP contribution in [-0.2, 0) is 17.8 Å². The number of nitrogens with zero attached hydrogens (tertiary/aromatic N) is 3. The first-order chi connectivity index (χ1) is 11.6. The lowest BCUT2D eigenvalue weighted by atomic mass is 10.3. The van der Waals surface area contributed by atoms with E-state index in [1.807, 2.05) is 31.2 Å². The van der Waals surface area contributed by atoms with Crippen LogP contribution in [0.15, 0.2) is 24.3 Å². The fourth-order valence-corrected chi connectivity index (χ4v) is 2.82. The van der Waals surface area contributed by atoms with E-state index in [4.69, 9.17) is 12.2 Å². The Balaban J connectivity index is 1.70. The van der Waals surface area contributed by atoms with E-state index in [0.717, 1.165) is 35.5 Å². The second-order valence-electron chi connectivity index (χ2n) is 5.71. The molecule has 1 amide bonds. The third-order valence-corrected chi connectivity index (χ3v) is 4.12. The predicted molar refractivity (Wildman–Crippen MR) is 94.1 cm³/mol. The molecule has 0 bridgehead atoms. The van der Waals surface area contributed by atoms with Gasteiger partial charge in [-0.05, 0) is 37.7 Å². The zero-order valence-corrected chi connectivity index (χ0v) is 14.5. The third kappa shape index (κ3) is 3.38. The maximum Gasteiger partial charge on any atom is 0.240 e. The first-order valence-electron chi connectivity index (χ1n) is 7.96. The van der Waals surface area contributed by atoms with Crippen LogP contribution in [0, 0.1) is 4.77 Å². The van der Waals surface area contributed by atoms with Crippen molar-refractivity contribution in [2.45, 2.75) is 39.3 Å². The Morgan fingerprint density at radius 1 is 1.42 bits per heavy atom. The summed E-state index contributed by atoms with van der Waals surface area (Å²) < 4.78 is 2.20. The number of hydrogen-bond donors (Lipinski definition) is 3. The van der Waals surface area contributed by atoms with Gasteiger partial charge in [0.2, 0.25) is 5.91 Å². The van der Waals surface area contributed by atoms with Crippen LogP contribution >= 0.6 is 12.2 Å². The molecule has 2 heterocycles. The van der Waals surface area contributed by atoms with E-state index >= 15 is 0 Å². The van der Waals surface area contributed by atoms with Gasteiger partial charge in [0.15, 0.2) is 4.77 Å². The van der Waals surface area contributed by atoms with Crippen molar-refractivity contribution in [3.05, 3.63) is 40.7 Å². The molecule has 3 aromatic rings. The number of para-hydroxylation sites is 2. The molecule has 126 valence electrons. The van der Waals surface area contributed by atoms with Crippen LogP contribution in [0.4, 0.5) is 0 Å². The number of aromatic amines is 2. The number of imidazole rings is 1. The van der Waals surface area contributed by atoms with Crippen LogP contribution in [0.5, 0.6) is 0 Å². The first-order valence-corrected chi connectivity index (χ1v) is 8.37.